The average molecular weight is 514 g/mol. The Morgan fingerprint density at radius 3 is 2.00 bits per heavy atom. The van der Waals surface area contributed by atoms with Crippen molar-refractivity contribution in [3.8, 4) is 0 Å². The molecular formula is C23H29Cl2N3O4S. The third kappa shape index (κ3) is 6.85. The number of hydrogen-bond acceptors (Lipinski definition) is 4. The molecular weight excluding hydrogens is 485 g/mol. The van der Waals surface area contributed by atoms with E-state index in [1.807, 2.05) is 26.0 Å². The average Bonchev–Trinajstić information content (AvgIpc) is 2.75. The second-order valence-corrected chi connectivity index (χ2v) is 10.7. The van der Waals surface area contributed by atoms with Gasteiger partial charge in [0.1, 0.15) is 12.6 Å². The Balaban J connectivity index is 2.43. The van der Waals surface area contributed by atoms with Crippen molar-refractivity contribution < 1.29 is 18.0 Å². The predicted molar refractivity (Wildman–Crippen MR) is 133 cm³/mol. The molecule has 0 spiro atoms. The third-order valence-corrected chi connectivity index (χ3v) is 7.18. The van der Waals surface area contributed by atoms with Gasteiger partial charge in [-0.1, -0.05) is 55.2 Å². The highest BCUT2D eigenvalue weighted by molar-refractivity contribution is 7.92. The standard InChI is InChI=1S/C23H29Cl2N3O4S/c1-15(2)17-9-11-18(12-10-17)28(33(5,31)32)14-22(29)27(16(3)23(30)26-4)13-19-20(24)7-6-8-21(19)25/h6-12,15-16H,13-14H2,1-5H3,(H,26,30)/t16-/m1/s1. The molecule has 0 aliphatic heterocycles. The summed E-state index contributed by atoms with van der Waals surface area (Å²) in [4.78, 5) is 27.0. The van der Waals surface area contributed by atoms with Crippen molar-refractivity contribution in [3.05, 3.63) is 63.6 Å². The molecule has 0 saturated heterocycles. The first-order valence-electron chi connectivity index (χ1n) is 10.4. The minimum Gasteiger partial charge on any atom is -0.357 e. The summed E-state index contributed by atoms with van der Waals surface area (Å²) >= 11 is 12.6. The van der Waals surface area contributed by atoms with E-state index in [2.05, 4.69) is 5.32 Å². The Kier molecular flexibility index (Phi) is 9.17. The maximum Gasteiger partial charge on any atom is 0.244 e. The summed E-state index contributed by atoms with van der Waals surface area (Å²) in [5.41, 5.74) is 1.87. The maximum absolute atomic E-state index is 13.4. The lowest BCUT2D eigenvalue weighted by Crippen LogP contribution is -2.50. The summed E-state index contributed by atoms with van der Waals surface area (Å²) in [5.74, 6) is -0.698. The molecule has 10 heteroatoms. The van der Waals surface area contributed by atoms with Gasteiger partial charge in [0.2, 0.25) is 21.8 Å². The largest absolute Gasteiger partial charge is 0.357 e. The lowest BCUT2D eigenvalue weighted by atomic mass is 10.0. The van der Waals surface area contributed by atoms with Crippen molar-refractivity contribution >= 4 is 50.7 Å². The van der Waals surface area contributed by atoms with E-state index in [1.54, 1.807) is 37.3 Å². The van der Waals surface area contributed by atoms with E-state index < -0.39 is 34.4 Å². The van der Waals surface area contributed by atoms with Crippen LogP contribution in [0.2, 0.25) is 10.0 Å². The van der Waals surface area contributed by atoms with Crippen LogP contribution in [0.3, 0.4) is 0 Å². The molecule has 0 aromatic heterocycles. The Morgan fingerprint density at radius 2 is 1.55 bits per heavy atom. The summed E-state index contributed by atoms with van der Waals surface area (Å²) in [7, 11) is -2.33. The molecule has 2 amide bonds. The molecule has 2 rings (SSSR count). The quantitative estimate of drug-likeness (QED) is 0.547. The number of hydrogen-bond donors (Lipinski definition) is 1. The van der Waals surface area contributed by atoms with Crippen molar-refractivity contribution in [3.63, 3.8) is 0 Å². The zero-order valence-corrected chi connectivity index (χ0v) is 21.6. The second kappa shape index (κ2) is 11.2. The van der Waals surface area contributed by atoms with Crippen molar-refractivity contribution in [1.82, 2.24) is 10.2 Å². The molecule has 0 bridgehead atoms. The number of benzene rings is 2. The zero-order chi connectivity index (χ0) is 24.9. The molecule has 0 saturated carbocycles. The van der Waals surface area contributed by atoms with E-state index in [0.29, 0.717) is 21.3 Å². The Morgan fingerprint density at radius 1 is 1.00 bits per heavy atom. The van der Waals surface area contributed by atoms with Crippen LogP contribution >= 0.6 is 23.2 Å². The number of nitrogens with one attached hydrogen (secondary N) is 1. The van der Waals surface area contributed by atoms with Gasteiger partial charge in [-0.3, -0.25) is 13.9 Å². The number of anilines is 1. The van der Waals surface area contributed by atoms with Gasteiger partial charge in [-0.05, 0) is 42.7 Å². The van der Waals surface area contributed by atoms with Gasteiger partial charge in [0.15, 0.2) is 0 Å². The van der Waals surface area contributed by atoms with Gasteiger partial charge < -0.3 is 10.2 Å². The molecule has 0 aliphatic carbocycles. The van der Waals surface area contributed by atoms with Crippen LogP contribution in [0.5, 0.6) is 0 Å². The SMILES string of the molecule is CNC(=O)[C@@H](C)N(Cc1c(Cl)cccc1Cl)C(=O)CN(c1ccc(C(C)C)cc1)S(C)(=O)=O. The highest BCUT2D eigenvalue weighted by Gasteiger charge is 2.30. The molecule has 2 aromatic rings. The maximum atomic E-state index is 13.4. The van der Waals surface area contributed by atoms with Crippen molar-refractivity contribution in [2.24, 2.45) is 0 Å². The molecule has 1 N–H and O–H groups in total. The molecule has 2 aromatic carbocycles. The number of rotatable bonds is 9. The van der Waals surface area contributed by atoms with Gasteiger partial charge in [0.05, 0.1) is 11.9 Å². The van der Waals surface area contributed by atoms with E-state index in [1.165, 1.54) is 11.9 Å². The summed E-state index contributed by atoms with van der Waals surface area (Å²) in [6.45, 7) is 5.08. The van der Waals surface area contributed by atoms with E-state index in [9.17, 15) is 18.0 Å². The van der Waals surface area contributed by atoms with Gasteiger partial charge in [-0.15, -0.1) is 0 Å². The monoisotopic (exact) mass is 513 g/mol. The van der Waals surface area contributed by atoms with Crippen molar-refractivity contribution in [2.45, 2.75) is 39.3 Å². The fourth-order valence-corrected chi connectivity index (χ4v) is 4.65. The number of carbonyl (C=O) groups excluding carboxylic acids is 2. The molecule has 0 heterocycles. The molecule has 0 fully saturated rings. The van der Waals surface area contributed by atoms with Gasteiger partial charge in [-0.2, -0.15) is 0 Å². The van der Waals surface area contributed by atoms with Gasteiger partial charge in [0, 0.05) is 29.2 Å². The van der Waals surface area contributed by atoms with Crippen LogP contribution in [-0.4, -0.2) is 51.0 Å². The number of amides is 2. The van der Waals surface area contributed by atoms with E-state index in [4.69, 9.17) is 23.2 Å². The predicted octanol–water partition coefficient (Wildman–Crippen LogP) is 4.05. The fourth-order valence-electron chi connectivity index (χ4n) is 3.28. The molecule has 1 atom stereocenters. The van der Waals surface area contributed by atoms with Crippen LogP contribution in [0.4, 0.5) is 5.69 Å². The lowest BCUT2D eigenvalue weighted by molar-refractivity contribution is -0.139. The van der Waals surface area contributed by atoms with Crippen LogP contribution in [0.15, 0.2) is 42.5 Å². The first-order chi connectivity index (χ1) is 15.4. The van der Waals surface area contributed by atoms with Gasteiger partial charge >= 0.3 is 0 Å². The molecule has 7 nitrogen and oxygen atoms in total. The molecule has 33 heavy (non-hydrogen) atoms. The van der Waals surface area contributed by atoms with Crippen LogP contribution in [0, 0.1) is 0 Å². The Hall–Kier alpha value is -2.29. The first kappa shape index (κ1) is 27.0. The van der Waals surface area contributed by atoms with Crippen LogP contribution in [0.1, 0.15) is 37.8 Å². The van der Waals surface area contributed by atoms with Crippen LogP contribution in [-0.2, 0) is 26.2 Å². The minimum atomic E-state index is -3.79. The van der Waals surface area contributed by atoms with Crippen molar-refractivity contribution in [2.75, 3.05) is 24.2 Å². The van der Waals surface area contributed by atoms with Gasteiger partial charge in [0.25, 0.3) is 0 Å². The third-order valence-electron chi connectivity index (χ3n) is 5.33. The second-order valence-electron chi connectivity index (χ2n) is 8.03. The Labute approximate surface area is 205 Å². The summed E-state index contributed by atoms with van der Waals surface area (Å²) in [5, 5.41) is 3.20. The van der Waals surface area contributed by atoms with E-state index >= 15 is 0 Å². The molecule has 180 valence electrons. The smallest absolute Gasteiger partial charge is 0.244 e. The highest BCUT2D eigenvalue weighted by atomic mass is 35.5. The normalized spacial score (nSPS) is 12.4. The highest BCUT2D eigenvalue weighted by Crippen LogP contribution is 2.27. The molecule has 0 unspecified atom stereocenters. The zero-order valence-electron chi connectivity index (χ0n) is 19.3. The summed E-state index contributed by atoms with van der Waals surface area (Å²) < 4.78 is 26.2. The van der Waals surface area contributed by atoms with Crippen LogP contribution < -0.4 is 9.62 Å². The molecule has 0 radical (unpaired) electrons. The van der Waals surface area contributed by atoms with Crippen LogP contribution in [0.25, 0.3) is 0 Å². The number of nitrogens with zero attached hydrogens (tertiary/aromatic N) is 2. The number of likely N-dealkylation sites (N-methyl/N-ethyl adjacent to an activating group) is 1. The lowest BCUT2D eigenvalue weighted by Gasteiger charge is -2.31. The summed E-state index contributed by atoms with van der Waals surface area (Å²) in [6.07, 6.45) is 1.04. The number of halogens is 2. The topological polar surface area (TPSA) is 86.8 Å². The minimum absolute atomic E-state index is 0.0597. The first-order valence-corrected chi connectivity index (χ1v) is 13.0. The van der Waals surface area contributed by atoms with E-state index in [-0.39, 0.29) is 12.5 Å². The number of carbonyl (C=O) groups is 2. The van der Waals surface area contributed by atoms with Crippen molar-refractivity contribution in [1.29, 1.82) is 0 Å². The number of sulfonamides is 1. The fraction of sp³-hybridized carbons (Fsp3) is 0.391. The van der Waals surface area contributed by atoms with E-state index in [0.717, 1.165) is 16.1 Å². The summed E-state index contributed by atoms with van der Waals surface area (Å²) in [6, 6.07) is 11.1. The molecule has 0 aliphatic rings. The Bertz CT molecular complexity index is 1080. The van der Waals surface area contributed by atoms with Gasteiger partial charge in [-0.25, -0.2) is 8.42 Å².